The van der Waals surface area contributed by atoms with Crippen molar-refractivity contribution in [3.05, 3.63) is 42.0 Å². The zero-order chi connectivity index (χ0) is 16.8. The fraction of sp³-hybridized carbons (Fsp3) is 0.471. The Bertz CT molecular complexity index is 637. The molecule has 6 heteroatoms. The lowest BCUT2D eigenvalue weighted by Gasteiger charge is -2.15. The Hall–Kier alpha value is -2.37. The van der Waals surface area contributed by atoms with E-state index in [0.717, 1.165) is 12.1 Å². The lowest BCUT2D eigenvalue weighted by atomic mass is 10.1. The number of amides is 1. The van der Waals surface area contributed by atoms with Gasteiger partial charge < -0.3 is 10.1 Å². The van der Waals surface area contributed by atoms with Crippen LogP contribution >= 0.6 is 0 Å². The van der Waals surface area contributed by atoms with Crippen molar-refractivity contribution >= 4 is 5.91 Å². The van der Waals surface area contributed by atoms with Crippen molar-refractivity contribution in [2.24, 2.45) is 13.0 Å². The molecule has 0 saturated carbocycles. The molecule has 2 aromatic heterocycles. The quantitative estimate of drug-likeness (QED) is 0.850. The molecule has 0 fully saturated rings. The third kappa shape index (κ3) is 5.09. The number of pyridine rings is 1. The van der Waals surface area contributed by atoms with E-state index >= 15 is 0 Å². The van der Waals surface area contributed by atoms with Gasteiger partial charge in [-0.1, -0.05) is 13.8 Å². The molecule has 0 saturated heterocycles. The Morgan fingerprint density at radius 3 is 2.83 bits per heavy atom. The number of carbonyl (C=O) groups is 1. The Kier molecular flexibility index (Phi) is 5.73. The van der Waals surface area contributed by atoms with E-state index in [1.807, 2.05) is 25.1 Å². The highest BCUT2D eigenvalue weighted by atomic mass is 16.5. The molecule has 0 aliphatic rings. The van der Waals surface area contributed by atoms with Gasteiger partial charge in [0.25, 0.3) is 5.91 Å². The molecule has 0 aromatic carbocycles. The third-order valence-corrected chi connectivity index (χ3v) is 3.30. The second-order valence-corrected chi connectivity index (χ2v) is 6.07. The predicted octanol–water partition coefficient (Wildman–Crippen LogP) is 2.21. The predicted molar refractivity (Wildman–Crippen MR) is 88.4 cm³/mol. The molecule has 1 N–H and O–H groups in total. The topological polar surface area (TPSA) is 69.0 Å². The summed E-state index contributed by atoms with van der Waals surface area (Å²) in [4.78, 5) is 16.3. The smallest absolute Gasteiger partial charge is 0.269 e. The first-order chi connectivity index (χ1) is 11.0. The minimum absolute atomic E-state index is 0.142. The summed E-state index contributed by atoms with van der Waals surface area (Å²) in [5.74, 6) is 1.05. The van der Waals surface area contributed by atoms with Gasteiger partial charge in [0, 0.05) is 13.2 Å². The van der Waals surface area contributed by atoms with Crippen LogP contribution in [0.25, 0.3) is 0 Å². The van der Waals surface area contributed by atoms with Crippen LogP contribution in [0.15, 0.2) is 30.6 Å². The zero-order valence-electron chi connectivity index (χ0n) is 14.1. The molecule has 1 atom stereocenters. The van der Waals surface area contributed by atoms with Crippen LogP contribution in [-0.2, 0) is 13.5 Å². The fourth-order valence-corrected chi connectivity index (χ4v) is 2.27. The van der Waals surface area contributed by atoms with Crippen molar-refractivity contribution in [3.63, 3.8) is 0 Å². The third-order valence-electron chi connectivity index (χ3n) is 3.30. The van der Waals surface area contributed by atoms with E-state index in [2.05, 4.69) is 29.2 Å². The SMILES string of the molecule is CC(C)Cc1cc(C(=O)NCC(C)Oc2cccnc2)n(C)n1. The summed E-state index contributed by atoms with van der Waals surface area (Å²) in [5.41, 5.74) is 1.50. The highest BCUT2D eigenvalue weighted by Crippen LogP contribution is 2.10. The van der Waals surface area contributed by atoms with Crippen LogP contribution in [0.1, 0.15) is 37.0 Å². The maximum atomic E-state index is 12.3. The molecule has 2 rings (SSSR count). The normalized spacial score (nSPS) is 12.2. The molecule has 6 nitrogen and oxygen atoms in total. The number of aromatic nitrogens is 3. The van der Waals surface area contributed by atoms with Crippen molar-refractivity contribution in [1.29, 1.82) is 0 Å². The van der Waals surface area contributed by atoms with Gasteiger partial charge in [0.2, 0.25) is 0 Å². The van der Waals surface area contributed by atoms with Gasteiger partial charge in [0.15, 0.2) is 0 Å². The highest BCUT2D eigenvalue weighted by Gasteiger charge is 2.15. The van der Waals surface area contributed by atoms with Gasteiger partial charge in [-0.3, -0.25) is 14.5 Å². The summed E-state index contributed by atoms with van der Waals surface area (Å²) in [6.45, 7) is 6.58. The minimum Gasteiger partial charge on any atom is -0.487 e. The largest absolute Gasteiger partial charge is 0.487 e. The van der Waals surface area contributed by atoms with Gasteiger partial charge in [0.05, 0.1) is 18.4 Å². The van der Waals surface area contributed by atoms with Crippen molar-refractivity contribution in [3.8, 4) is 5.75 Å². The number of nitrogens with one attached hydrogen (secondary N) is 1. The number of carbonyl (C=O) groups excluding carboxylic acids is 1. The standard InChI is InChI=1S/C17H24N4O2/c1-12(2)8-14-9-16(21(4)20-14)17(22)19-10-13(3)23-15-6-5-7-18-11-15/h5-7,9,11-13H,8,10H2,1-4H3,(H,19,22). The van der Waals surface area contributed by atoms with Gasteiger partial charge in [-0.25, -0.2) is 0 Å². The number of rotatable bonds is 7. The van der Waals surface area contributed by atoms with E-state index in [1.165, 1.54) is 0 Å². The summed E-state index contributed by atoms with van der Waals surface area (Å²) in [7, 11) is 1.79. The monoisotopic (exact) mass is 316 g/mol. The van der Waals surface area contributed by atoms with E-state index in [-0.39, 0.29) is 12.0 Å². The lowest BCUT2D eigenvalue weighted by Crippen LogP contribution is -2.34. The molecule has 0 radical (unpaired) electrons. The zero-order valence-corrected chi connectivity index (χ0v) is 14.1. The van der Waals surface area contributed by atoms with Crippen LogP contribution < -0.4 is 10.1 Å². The first kappa shape index (κ1) is 17.0. The molecule has 124 valence electrons. The minimum atomic E-state index is -0.147. The summed E-state index contributed by atoms with van der Waals surface area (Å²) in [6, 6.07) is 5.50. The number of hydrogen-bond acceptors (Lipinski definition) is 4. The molecule has 0 aliphatic carbocycles. The molecule has 23 heavy (non-hydrogen) atoms. The van der Waals surface area contributed by atoms with Gasteiger partial charge in [0.1, 0.15) is 17.5 Å². The Morgan fingerprint density at radius 2 is 2.17 bits per heavy atom. The second-order valence-electron chi connectivity index (χ2n) is 6.07. The maximum Gasteiger partial charge on any atom is 0.269 e. The number of nitrogens with zero attached hydrogens (tertiary/aromatic N) is 3. The van der Waals surface area contributed by atoms with E-state index in [9.17, 15) is 4.79 Å². The molecule has 1 amide bonds. The Morgan fingerprint density at radius 1 is 1.39 bits per heavy atom. The molecule has 0 aliphatic heterocycles. The van der Waals surface area contributed by atoms with E-state index in [0.29, 0.717) is 23.9 Å². The molecule has 0 spiro atoms. The number of hydrogen-bond donors (Lipinski definition) is 1. The molecule has 2 aromatic rings. The average molecular weight is 316 g/mol. The fourth-order valence-electron chi connectivity index (χ4n) is 2.27. The lowest BCUT2D eigenvalue weighted by molar-refractivity contribution is 0.0922. The van der Waals surface area contributed by atoms with E-state index in [1.54, 1.807) is 24.1 Å². The Balaban J connectivity index is 1.88. The summed E-state index contributed by atoms with van der Waals surface area (Å²) in [6.07, 6.45) is 4.06. The van der Waals surface area contributed by atoms with Crippen LogP contribution in [0, 0.1) is 5.92 Å². The van der Waals surface area contributed by atoms with Crippen molar-refractivity contribution in [1.82, 2.24) is 20.1 Å². The molecule has 2 heterocycles. The second kappa shape index (κ2) is 7.76. The summed E-state index contributed by atoms with van der Waals surface area (Å²) >= 11 is 0. The molecular formula is C17H24N4O2. The van der Waals surface area contributed by atoms with Crippen molar-refractivity contribution in [2.75, 3.05) is 6.54 Å². The van der Waals surface area contributed by atoms with Crippen LogP contribution in [0.2, 0.25) is 0 Å². The number of ether oxygens (including phenoxy) is 1. The molecule has 1 unspecified atom stereocenters. The van der Waals surface area contributed by atoms with Crippen LogP contribution in [-0.4, -0.2) is 33.3 Å². The van der Waals surface area contributed by atoms with Crippen molar-refractivity contribution in [2.45, 2.75) is 33.3 Å². The average Bonchev–Trinajstić information content (AvgIpc) is 2.85. The van der Waals surface area contributed by atoms with Crippen LogP contribution in [0.4, 0.5) is 0 Å². The van der Waals surface area contributed by atoms with Gasteiger partial charge in [-0.05, 0) is 37.5 Å². The first-order valence-electron chi connectivity index (χ1n) is 7.83. The van der Waals surface area contributed by atoms with Gasteiger partial charge in [-0.2, -0.15) is 5.10 Å². The van der Waals surface area contributed by atoms with Crippen LogP contribution in [0.3, 0.4) is 0 Å². The van der Waals surface area contributed by atoms with Gasteiger partial charge in [-0.15, -0.1) is 0 Å². The van der Waals surface area contributed by atoms with Gasteiger partial charge >= 0.3 is 0 Å². The Labute approximate surface area is 136 Å². The van der Waals surface area contributed by atoms with E-state index in [4.69, 9.17) is 4.74 Å². The highest BCUT2D eigenvalue weighted by molar-refractivity contribution is 5.92. The van der Waals surface area contributed by atoms with Crippen molar-refractivity contribution < 1.29 is 9.53 Å². The maximum absolute atomic E-state index is 12.3. The molecular weight excluding hydrogens is 292 g/mol. The number of aryl methyl sites for hydroxylation is 1. The summed E-state index contributed by atoms with van der Waals surface area (Å²) in [5, 5.41) is 7.26. The first-order valence-corrected chi connectivity index (χ1v) is 7.83. The molecule has 0 bridgehead atoms. The van der Waals surface area contributed by atoms with E-state index < -0.39 is 0 Å². The summed E-state index contributed by atoms with van der Waals surface area (Å²) < 4.78 is 7.31. The van der Waals surface area contributed by atoms with Crippen LogP contribution in [0.5, 0.6) is 5.75 Å².